The van der Waals surface area contributed by atoms with Gasteiger partial charge in [-0.25, -0.2) is 4.79 Å². The molecule has 0 unspecified atom stereocenters. The van der Waals surface area contributed by atoms with Crippen molar-refractivity contribution >= 4 is 0 Å². The van der Waals surface area contributed by atoms with Crippen LogP contribution in [0.2, 0.25) is 0 Å². The first kappa shape index (κ1) is 14.9. The Morgan fingerprint density at radius 2 is 1.90 bits per heavy atom. The lowest BCUT2D eigenvalue weighted by Gasteiger charge is -2.11. The number of hydrogen-bond donors (Lipinski definition) is 2. The van der Waals surface area contributed by atoms with Crippen LogP contribution in [0.25, 0.3) is 0 Å². The number of H-pyrrole nitrogens is 2. The Bertz CT molecular complexity index is 746. The second kappa shape index (κ2) is 6.30. The number of rotatable bonds is 5. The topological polar surface area (TPSA) is 84.2 Å². The van der Waals surface area contributed by atoms with Gasteiger partial charge in [0.1, 0.15) is 0 Å². The van der Waals surface area contributed by atoms with Crippen molar-refractivity contribution in [2.24, 2.45) is 0 Å². The molecular formula is C15H18N2O4. The summed E-state index contributed by atoms with van der Waals surface area (Å²) in [6, 6.07) is 5.51. The number of nitrogens with one attached hydrogen (secondary N) is 2. The molecule has 0 radical (unpaired) electrons. The first-order valence-corrected chi connectivity index (χ1v) is 6.67. The van der Waals surface area contributed by atoms with Gasteiger partial charge in [0, 0.05) is 17.7 Å². The monoisotopic (exact) mass is 290 g/mol. The summed E-state index contributed by atoms with van der Waals surface area (Å²) < 4.78 is 10.7. The lowest BCUT2D eigenvalue weighted by atomic mass is 10.0. The third-order valence-electron chi connectivity index (χ3n) is 3.16. The van der Waals surface area contributed by atoms with Crippen molar-refractivity contribution in [3.63, 3.8) is 0 Å². The number of aromatic amines is 2. The predicted octanol–water partition coefficient (Wildman–Crippen LogP) is 1.37. The predicted molar refractivity (Wildman–Crippen MR) is 79.4 cm³/mol. The smallest absolute Gasteiger partial charge is 0.325 e. The van der Waals surface area contributed by atoms with Gasteiger partial charge in [-0.15, -0.1) is 0 Å². The minimum atomic E-state index is -0.495. The Morgan fingerprint density at radius 1 is 1.14 bits per heavy atom. The van der Waals surface area contributed by atoms with Crippen LogP contribution in [0.1, 0.15) is 23.7 Å². The molecule has 112 valence electrons. The molecule has 0 fully saturated rings. The van der Waals surface area contributed by atoms with Gasteiger partial charge in [0.25, 0.3) is 5.56 Å². The molecule has 0 spiro atoms. The Hall–Kier alpha value is -2.50. The summed E-state index contributed by atoms with van der Waals surface area (Å²) in [6.07, 6.45) is 0.403. The third-order valence-corrected chi connectivity index (χ3v) is 3.16. The van der Waals surface area contributed by atoms with Crippen LogP contribution in [0.15, 0.2) is 27.8 Å². The first-order chi connectivity index (χ1) is 10.0. The summed E-state index contributed by atoms with van der Waals surface area (Å²) in [4.78, 5) is 27.9. The number of ether oxygens (including phenoxy) is 2. The fourth-order valence-corrected chi connectivity index (χ4v) is 2.14. The lowest BCUT2D eigenvalue weighted by molar-refractivity contribution is 0.310. The molecule has 0 saturated heterocycles. The SMILES string of the molecule is CCOc1ccc(Cc2c(C)[nH]c(=O)[nH]c2=O)cc1OC. The van der Waals surface area contributed by atoms with Gasteiger partial charge in [-0.2, -0.15) is 0 Å². The molecule has 0 aliphatic rings. The highest BCUT2D eigenvalue weighted by Gasteiger charge is 2.10. The van der Waals surface area contributed by atoms with E-state index in [0.717, 1.165) is 5.56 Å². The molecule has 2 rings (SSSR count). The third kappa shape index (κ3) is 3.34. The molecule has 2 aromatic rings. The maximum atomic E-state index is 11.9. The Kier molecular flexibility index (Phi) is 4.47. The average Bonchev–Trinajstić information content (AvgIpc) is 2.44. The summed E-state index contributed by atoms with van der Waals surface area (Å²) in [5.74, 6) is 1.28. The van der Waals surface area contributed by atoms with E-state index < -0.39 is 5.69 Å². The Morgan fingerprint density at radius 3 is 2.52 bits per heavy atom. The zero-order valence-corrected chi connectivity index (χ0v) is 12.3. The molecule has 6 nitrogen and oxygen atoms in total. The zero-order valence-electron chi connectivity index (χ0n) is 12.3. The number of hydrogen-bond acceptors (Lipinski definition) is 4. The van der Waals surface area contributed by atoms with Crippen LogP contribution >= 0.6 is 0 Å². The van der Waals surface area contributed by atoms with Gasteiger partial charge in [-0.1, -0.05) is 6.07 Å². The van der Waals surface area contributed by atoms with Gasteiger partial charge >= 0.3 is 5.69 Å². The molecule has 1 aromatic carbocycles. The van der Waals surface area contributed by atoms with Crippen LogP contribution in [0.3, 0.4) is 0 Å². The van der Waals surface area contributed by atoms with Crippen molar-refractivity contribution in [3.05, 3.63) is 55.9 Å². The number of aromatic nitrogens is 2. The summed E-state index contributed by atoms with van der Waals surface area (Å²) >= 11 is 0. The van der Waals surface area contributed by atoms with E-state index in [4.69, 9.17) is 9.47 Å². The van der Waals surface area contributed by atoms with Gasteiger partial charge < -0.3 is 14.5 Å². The van der Waals surface area contributed by atoms with E-state index in [0.29, 0.717) is 35.8 Å². The molecule has 0 atom stereocenters. The number of aryl methyl sites for hydroxylation is 1. The number of methoxy groups -OCH3 is 1. The van der Waals surface area contributed by atoms with Crippen molar-refractivity contribution in [2.75, 3.05) is 13.7 Å². The molecule has 0 aliphatic heterocycles. The van der Waals surface area contributed by atoms with Crippen LogP contribution in [-0.2, 0) is 6.42 Å². The maximum Gasteiger partial charge on any atom is 0.325 e. The van der Waals surface area contributed by atoms with Gasteiger partial charge in [0.15, 0.2) is 11.5 Å². The van der Waals surface area contributed by atoms with Gasteiger partial charge in [-0.05, 0) is 31.5 Å². The molecule has 0 bridgehead atoms. The maximum absolute atomic E-state index is 11.9. The minimum absolute atomic E-state index is 0.371. The van der Waals surface area contributed by atoms with E-state index in [1.54, 1.807) is 14.0 Å². The van der Waals surface area contributed by atoms with Crippen LogP contribution in [-0.4, -0.2) is 23.7 Å². The van der Waals surface area contributed by atoms with Gasteiger partial charge in [0.2, 0.25) is 0 Å². The van der Waals surface area contributed by atoms with Crippen LogP contribution < -0.4 is 20.7 Å². The second-order valence-corrected chi connectivity index (χ2v) is 4.61. The normalized spacial score (nSPS) is 10.4. The summed E-state index contributed by atoms with van der Waals surface area (Å²) in [5, 5.41) is 0. The molecule has 6 heteroatoms. The Labute approximate surface area is 121 Å². The highest BCUT2D eigenvalue weighted by Crippen LogP contribution is 2.28. The zero-order chi connectivity index (χ0) is 15.4. The number of benzene rings is 1. The van der Waals surface area contributed by atoms with Crippen LogP contribution in [0, 0.1) is 6.92 Å². The Balaban J connectivity index is 2.36. The van der Waals surface area contributed by atoms with Crippen molar-refractivity contribution in [1.29, 1.82) is 0 Å². The molecule has 1 aromatic heterocycles. The highest BCUT2D eigenvalue weighted by molar-refractivity contribution is 5.44. The summed E-state index contributed by atoms with van der Waals surface area (Å²) in [6.45, 7) is 4.16. The fourth-order valence-electron chi connectivity index (χ4n) is 2.14. The van der Waals surface area contributed by atoms with Gasteiger partial charge in [-0.3, -0.25) is 9.78 Å². The molecule has 1 heterocycles. The standard InChI is InChI=1S/C15H18N2O4/c1-4-21-12-6-5-10(8-13(12)20-3)7-11-9(2)16-15(19)17-14(11)18/h5-6,8H,4,7H2,1-3H3,(H2,16,17,18,19). The van der Waals surface area contributed by atoms with E-state index in [1.807, 2.05) is 25.1 Å². The molecule has 0 saturated carbocycles. The van der Waals surface area contributed by atoms with Gasteiger partial charge in [0.05, 0.1) is 13.7 Å². The molecular weight excluding hydrogens is 272 g/mol. The van der Waals surface area contributed by atoms with E-state index in [-0.39, 0.29) is 5.56 Å². The second-order valence-electron chi connectivity index (χ2n) is 4.61. The molecule has 0 aliphatic carbocycles. The van der Waals surface area contributed by atoms with Crippen LogP contribution in [0.5, 0.6) is 11.5 Å². The highest BCUT2D eigenvalue weighted by atomic mass is 16.5. The molecule has 0 amide bonds. The van der Waals surface area contributed by atoms with E-state index >= 15 is 0 Å². The fraction of sp³-hybridized carbons (Fsp3) is 0.333. The van der Waals surface area contributed by atoms with Crippen LogP contribution in [0.4, 0.5) is 0 Å². The first-order valence-electron chi connectivity index (χ1n) is 6.67. The van der Waals surface area contributed by atoms with Crippen molar-refractivity contribution in [3.8, 4) is 11.5 Å². The van der Waals surface area contributed by atoms with Crippen molar-refractivity contribution in [2.45, 2.75) is 20.3 Å². The summed E-state index contributed by atoms with van der Waals surface area (Å²) in [5.41, 5.74) is 1.13. The largest absolute Gasteiger partial charge is 0.493 e. The quantitative estimate of drug-likeness (QED) is 0.871. The van der Waals surface area contributed by atoms with Crippen molar-refractivity contribution in [1.82, 2.24) is 9.97 Å². The van der Waals surface area contributed by atoms with Crippen molar-refractivity contribution < 1.29 is 9.47 Å². The lowest BCUT2D eigenvalue weighted by Crippen LogP contribution is -2.27. The molecule has 21 heavy (non-hydrogen) atoms. The average molecular weight is 290 g/mol. The van der Waals surface area contributed by atoms with E-state index in [1.165, 1.54) is 0 Å². The van der Waals surface area contributed by atoms with E-state index in [2.05, 4.69) is 9.97 Å². The van der Waals surface area contributed by atoms with E-state index in [9.17, 15) is 9.59 Å². The minimum Gasteiger partial charge on any atom is -0.493 e. The molecule has 2 N–H and O–H groups in total. The summed E-state index contributed by atoms with van der Waals surface area (Å²) in [7, 11) is 1.57.